The van der Waals surface area contributed by atoms with E-state index in [9.17, 15) is 9.90 Å². The number of β-amino-alcohol motifs (C(OH)–C–C–N with tert-alkyl or cyclic N) is 1. The van der Waals surface area contributed by atoms with Gasteiger partial charge in [-0.1, -0.05) is 28.8 Å². The van der Waals surface area contributed by atoms with Gasteiger partial charge in [-0.2, -0.15) is 0 Å². The van der Waals surface area contributed by atoms with Gasteiger partial charge in [0.1, 0.15) is 0 Å². The van der Waals surface area contributed by atoms with Gasteiger partial charge in [-0.15, -0.1) is 0 Å². The van der Waals surface area contributed by atoms with E-state index in [-0.39, 0.29) is 24.0 Å². The average Bonchev–Trinajstić information content (AvgIpc) is 3.38. The van der Waals surface area contributed by atoms with Crippen LogP contribution in [-0.4, -0.2) is 97.2 Å². The molecule has 8 nitrogen and oxygen atoms in total. The maximum Gasteiger partial charge on any atom is 0.223 e. The fourth-order valence-electron chi connectivity index (χ4n) is 7.01. The second-order valence-corrected chi connectivity index (χ2v) is 13.1. The molecular weight excluding hydrogens is 524 g/mol. The summed E-state index contributed by atoms with van der Waals surface area (Å²) in [4.78, 5) is 15.6. The molecule has 5 rings (SSSR count). The molecule has 36 heavy (non-hydrogen) atoms. The van der Waals surface area contributed by atoms with Gasteiger partial charge in [0.2, 0.25) is 5.91 Å². The van der Waals surface area contributed by atoms with Gasteiger partial charge in [-0.25, -0.2) is 0 Å². The van der Waals surface area contributed by atoms with E-state index >= 15 is 0 Å². The van der Waals surface area contributed by atoms with Crippen LogP contribution in [0.25, 0.3) is 0 Å². The molecular formula is C27H47BrN4O4. The van der Waals surface area contributed by atoms with Crippen molar-refractivity contribution in [3.8, 4) is 0 Å². The maximum absolute atomic E-state index is 12.8. The van der Waals surface area contributed by atoms with Crippen molar-refractivity contribution in [3.63, 3.8) is 0 Å². The molecule has 0 aromatic heterocycles. The molecule has 0 aromatic rings. The summed E-state index contributed by atoms with van der Waals surface area (Å²) in [5, 5.41) is 20.7. The van der Waals surface area contributed by atoms with Crippen molar-refractivity contribution in [1.29, 1.82) is 0 Å². The number of rotatable bonds is 10. The quantitative estimate of drug-likeness (QED) is 0.298. The van der Waals surface area contributed by atoms with Gasteiger partial charge < -0.3 is 30.1 Å². The van der Waals surface area contributed by atoms with Crippen LogP contribution in [0.1, 0.15) is 64.2 Å². The summed E-state index contributed by atoms with van der Waals surface area (Å²) in [5.74, 6) is 1.47. The first-order valence-electron chi connectivity index (χ1n) is 14.6. The Labute approximate surface area is 225 Å². The Bertz CT molecular complexity index is 707. The lowest BCUT2D eigenvalue weighted by Crippen LogP contribution is -2.52. The van der Waals surface area contributed by atoms with E-state index in [1.165, 1.54) is 32.1 Å². The first-order valence-corrected chi connectivity index (χ1v) is 15.5. The molecule has 3 saturated carbocycles. The third-order valence-corrected chi connectivity index (χ3v) is 10.6. The van der Waals surface area contributed by atoms with Gasteiger partial charge in [0, 0.05) is 49.0 Å². The zero-order valence-electron chi connectivity index (χ0n) is 21.7. The average molecular weight is 572 g/mol. The van der Waals surface area contributed by atoms with E-state index in [4.69, 9.17) is 9.47 Å². The lowest BCUT2D eigenvalue weighted by atomic mass is 9.73. The number of piperidine rings is 1. The molecule has 5 aliphatic rings. The first kappa shape index (κ1) is 27.3. The number of halogens is 1. The summed E-state index contributed by atoms with van der Waals surface area (Å²) < 4.78 is 11.9. The Hall–Kier alpha value is -0.290. The third-order valence-electron chi connectivity index (χ3n) is 9.35. The van der Waals surface area contributed by atoms with Crippen molar-refractivity contribution in [1.82, 2.24) is 20.9 Å². The summed E-state index contributed by atoms with van der Waals surface area (Å²) >= 11 is 3.98. The number of ether oxygens (including phenoxy) is 2. The number of nitrogens with zero attached hydrogens (tertiary/aromatic N) is 1. The van der Waals surface area contributed by atoms with Crippen molar-refractivity contribution in [3.05, 3.63) is 0 Å². The highest BCUT2D eigenvalue weighted by molar-refractivity contribution is 9.09. The molecule has 8 atom stereocenters. The Morgan fingerprint density at radius 3 is 2.75 bits per heavy atom. The molecule has 7 unspecified atom stereocenters. The summed E-state index contributed by atoms with van der Waals surface area (Å²) in [6.07, 6.45) is 11.4. The van der Waals surface area contributed by atoms with Gasteiger partial charge in [0.05, 0.1) is 31.6 Å². The number of nitrogens with one attached hydrogen (secondary N) is 3. The minimum absolute atomic E-state index is 0.0871. The van der Waals surface area contributed by atoms with Crippen LogP contribution >= 0.6 is 15.9 Å². The number of likely N-dealkylation sites (tertiary alicyclic amines) is 1. The van der Waals surface area contributed by atoms with Crippen LogP contribution in [0.15, 0.2) is 0 Å². The summed E-state index contributed by atoms with van der Waals surface area (Å²) in [6, 6.07) is 1.16. The standard InChI is InChI=1S/C27H47BrN4O4/c28-26-24-9-10-32(14-19(24)7-8-25(26)35-16-23-13-29-17-36-23)15-22(33)12-30-27(34)18-3-1-6-21(11-18)31-20-4-2-5-20/h18-26,29,31,33H,1-17H2,(H,30,34)/t18?,19?,21?,22-,23?,24?,25?,26?/m0/s1. The minimum Gasteiger partial charge on any atom is -0.390 e. The highest BCUT2D eigenvalue weighted by atomic mass is 79.9. The predicted molar refractivity (Wildman–Crippen MR) is 143 cm³/mol. The highest BCUT2D eigenvalue weighted by Crippen LogP contribution is 2.41. The van der Waals surface area contributed by atoms with Crippen molar-refractivity contribution < 1.29 is 19.4 Å². The highest BCUT2D eigenvalue weighted by Gasteiger charge is 2.42. The number of aliphatic hydroxyl groups excluding tert-OH is 1. The van der Waals surface area contributed by atoms with E-state index in [0.717, 1.165) is 51.7 Å². The molecule has 2 saturated heterocycles. The van der Waals surface area contributed by atoms with Crippen molar-refractivity contribution in [2.24, 2.45) is 17.8 Å². The normalized spacial score (nSPS) is 38.8. The summed E-state index contributed by atoms with van der Waals surface area (Å²) in [6.45, 7) is 5.19. The van der Waals surface area contributed by atoms with E-state index in [1.807, 2.05) is 0 Å². The second-order valence-electron chi connectivity index (χ2n) is 12.0. The number of hydrogen-bond donors (Lipinski definition) is 4. The van der Waals surface area contributed by atoms with Gasteiger partial charge in [0.25, 0.3) is 0 Å². The number of hydrogen-bond acceptors (Lipinski definition) is 7. The number of aliphatic hydroxyl groups is 1. The van der Waals surface area contributed by atoms with E-state index in [1.54, 1.807) is 0 Å². The number of fused-ring (bicyclic) bond motifs is 1. The van der Waals surface area contributed by atoms with E-state index in [2.05, 4.69) is 36.8 Å². The van der Waals surface area contributed by atoms with Gasteiger partial charge in [0.15, 0.2) is 0 Å². The second kappa shape index (κ2) is 13.2. The van der Waals surface area contributed by atoms with Crippen LogP contribution in [0.2, 0.25) is 0 Å². The molecule has 3 aliphatic carbocycles. The summed E-state index contributed by atoms with van der Waals surface area (Å²) in [5.41, 5.74) is 0. The molecule has 2 heterocycles. The Kier molecular flexibility index (Phi) is 9.99. The molecule has 9 heteroatoms. The van der Waals surface area contributed by atoms with Gasteiger partial charge in [-0.05, 0) is 69.7 Å². The Morgan fingerprint density at radius 1 is 1.14 bits per heavy atom. The van der Waals surface area contributed by atoms with Crippen LogP contribution in [0, 0.1) is 17.8 Å². The largest absolute Gasteiger partial charge is 0.390 e. The lowest BCUT2D eigenvalue weighted by molar-refractivity contribution is -0.126. The molecule has 0 bridgehead atoms. The molecule has 0 aromatic carbocycles. The maximum atomic E-state index is 12.8. The molecule has 0 spiro atoms. The monoisotopic (exact) mass is 570 g/mol. The van der Waals surface area contributed by atoms with Gasteiger partial charge >= 0.3 is 0 Å². The van der Waals surface area contributed by atoms with Crippen LogP contribution in [0.5, 0.6) is 0 Å². The molecule has 4 N–H and O–H groups in total. The zero-order valence-corrected chi connectivity index (χ0v) is 23.3. The fourth-order valence-corrected chi connectivity index (χ4v) is 8.12. The SMILES string of the molecule is O=C(NC[C@H](O)CN1CCC2C(CCC(OCC3CNCO3)C2Br)C1)C1CCCC(NC2CCC2)C1. The smallest absolute Gasteiger partial charge is 0.223 e. The Balaban J connectivity index is 0.990. The number of carbonyl (C=O) groups excluding carboxylic acids is 1. The van der Waals surface area contributed by atoms with Gasteiger partial charge in [-0.3, -0.25) is 10.1 Å². The van der Waals surface area contributed by atoms with E-state index < -0.39 is 6.10 Å². The third kappa shape index (κ3) is 7.21. The zero-order chi connectivity index (χ0) is 24.9. The molecule has 1 amide bonds. The van der Waals surface area contributed by atoms with Crippen LogP contribution < -0.4 is 16.0 Å². The fraction of sp³-hybridized carbons (Fsp3) is 0.963. The topological polar surface area (TPSA) is 95.1 Å². The number of amides is 1. The van der Waals surface area contributed by atoms with Crippen molar-refractivity contribution >= 4 is 21.8 Å². The minimum atomic E-state index is -0.516. The molecule has 0 radical (unpaired) electrons. The molecule has 2 aliphatic heterocycles. The Morgan fingerprint density at radius 2 is 1.97 bits per heavy atom. The molecule has 206 valence electrons. The van der Waals surface area contributed by atoms with Crippen LogP contribution in [0.3, 0.4) is 0 Å². The van der Waals surface area contributed by atoms with Crippen LogP contribution in [0.4, 0.5) is 0 Å². The van der Waals surface area contributed by atoms with E-state index in [0.29, 0.717) is 55.2 Å². The van der Waals surface area contributed by atoms with Crippen molar-refractivity contribution in [2.45, 2.75) is 99.4 Å². The summed E-state index contributed by atoms with van der Waals surface area (Å²) in [7, 11) is 0. The number of carbonyl (C=O) groups is 1. The number of alkyl halides is 1. The van der Waals surface area contributed by atoms with Crippen molar-refractivity contribution in [2.75, 3.05) is 46.1 Å². The predicted octanol–water partition coefficient (Wildman–Crippen LogP) is 1.99. The lowest BCUT2D eigenvalue weighted by Gasteiger charge is -2.46. The first-order chi connectivity index (χ1) is 17.5. The van der Waals surface area contributed by atoms with Crippen LogP contribution in [-0.2, 0) is 14.3 Å². The molecule has 5 fully saturated rings.